The third-order valence-corrected chi connectivity index (χ3v) is 2.39. The van der Waals surface area contributed by atoms with Gasteiger partial charge in [-0.25, -0.2) is 0 Å². The molecule has 1 aromatic rings. The zero-order valence-corrected chi connectivity index (χ0v) is 7.69. The van der Waals surface area contributed by atoms with Gasteiger partial charge in [0.1, 0.15) is 0 Å². The molecule has 4 heteroatoms. The standard InChI is InChI=1S/C10H12N2O2/c11-8-5-14-4-6-2-1-3-7(9(6)8)10(12)13/h1-3,8H,4-5,11H2,(H2,12,13)/t8-/m0/s1. The van der Waals surface area contributed by atoms with Crippen LogP contribution in [0, 0.1) is 0 Å². The van der Waals surface area contributed by atoms with Crippen LogP contribution in [-0.2, 0) is 11.3 Å². The highest BCUT2D eigenvalue weighted by Gasteiger charge is 2.22. The molecular formula is C10H12N2O2. The summed E-state index contributed by atoms with van der Waals surface area (Å²) in [7, 11) is 0. The summed E-state index contributed by atoms with van der Waals surface area (Å²) in [6.45, 7) is 0.946. The van der Waals surface area contributed by atoms with Crippen molar-refractivity contribution < 1.29 is 9.53 Å². The molecule has 1 aromatic carbocycles. The van der Waals surface area contributed by atoms with E-state index in [0.29, 0.717) is 18.8 Å². The largest absolute Gasteiger partial charge is 0.375 e. The smallest absolute Gasteiger partial charge is 0.249 e. The molecule has 0 saturated heterocycles. The molecule has 0 spiro atoms. The fourth-order valence-corrected chi connectivity index (χ4v) is 1.77. The first kappa shape index (κ1) is 9.18. The van der Waals surface area contributed by atoms with Crippen molar-refractivity contribution in [3.63, 3.8) is 0 Å². The summed E-state index contributed by atoms with van der Waals surface area (Å²) in [5, 5.41) is 0. The monoisotopic (exact) mass is 192 g/mol. The van der Waals surface area contributed by atoms with E-state index in [1.54, 1.807) is 12.1 Å². The SMILES string of the molecule is NC(=O)c1cccc2c1[C@@H](N)COC2. The van der Waals surface area contributed by atoms with Crippen LogP contribution in [0.15, 0.2) is 18.2 Å². The summed E-state index contributed by atoms with van der Waals surface area (Å²) >= 11 is 0. The van der Waals surface area contributed by atoms with E-state index in [9.17, 15) is 4.79 Å². The lowest BCUT2D eigenvalue weighted by Gasteiger charge is -2.24. The second-order valence-corrected chi connectivity index (χ2v) is 3.36. The maximum absolute atomic E-state index is 11.1. The fourth-order valence-electron chi connectivity index (χ4n) is 1.77. The minimum atomic E-state index is -0.431. The number of carbonyl (C=O) groups excluding carboxylic acids is 1. The van der Waals surface area contributed by atoms with Crippen molar-refractivity contribution in [3.05, 3.63) is 34.9 Å². The number of benzene rings is 1. The van der Waals surface area contributed by atoms with Crippen molar-refractivity contribution in [2.45, 2.75) is 12.6 Å². The van der Waals surface area contributed by atoms with E-state index in [-0.39, 0.29) is 6.04 Å². The van der Waals surface area contributed by atoms with Gasteiger partial charge >= 0.3 is 0 Å². The summed E-state index contributed by atoms with van der Waals surface area (Å²) in [5.41, 5.74) is 13.4. The van der Waals surface area contributed by atoms with Crippen LogP contribution in [-0.4, -0.2) is 12.5 Å². The molecule has 2 rings (SSSR count). The number of carbonyl (C=O) groups is 1. The third kappa shape index (κ3) is 1.38. The van der Waals surface area contributed by atoms with Gasteiger partial charge in [-0.3, -0.25) is 4.79 Å². The quantitative estimate of drug-likeness (QED) is 0.672. The van der Waals surface area contributed by atoms with Crippen LogP contribution in [0.5, 0.6) is 0 Å². The average Bonchev–Trinajstić information content (AvgIpc) is 2.17. The number of nitrogens with two attached hydrogens (primary N) is 2. The van der Waals surface area contributed by atoms with Crippen LogP contribution in [0.4, 0.5) is 0 Å². The molecule has 1 aliphatic heterocycles. The Labute approximate surface area is 81.8 Å². The topological polar surface area (TPSA) is 78.3 Å². The predicted octanol–water partition coefficient (Wildman–Crippen LogP) is 0.316. The van der Waals surface area contributed by atoms with Gasteiger partial charge in [-0.15, -0.1) is 0 Å². The summed E-state index contributed by atoms with van der Waals surface area (Å²) in [4.78, 5) is 11.1. The molecule has 1 aliphatic rings. The Morgan fingerprint density at radius 2 is 2.29 bits per heavy atom. The van der Waals surface area contributed by atoms with Gasteiger partial charge in [0.2, 0.25) is 5.91 Å². The number of rotatable bonds is 1. The Morgan fingerprint density at radius 1 is 1.50 bits per heavy atom. The Kier molecular flexibility index (Phi) is 2.23. The number of amides is 1. The number of hydrogen-bond acceptors (Lipinski definition) is 3. The van der Waals surface area contributed by atoms with Crippen LogP contribution >= 0.6 is 0 Å². The van der Waals surface area contributed by atoms with Gasteiger partial charge in [-0.2, -0.15) is 0 Å². The highest BCUT2D eigenvalue weighted by atomic mass is 16.5. The molecule has 0 bridgehead atoms. The van der Waals surface area contributed by atoms with Gasteiger partial charge in [-0.1, -0.05) is 12.1 Å². The number of hydrogen-bond donors (Lipinski definition) is 2. The highest BCUT2D eigenvalue weighted by Crippen LogP contribution is 2.26. The average molecular weight is 192 g/mol. The zero-order chi connectivity index (χ0) is 10.1. The zero-order valence-electron chi connectivity index (χ0n) is 7.69. The molecule has 0 saturated carbocycles. The van der Waals surface area contributed by atoms with Crippen molar-refractivity contribution in [2.24, 2.45) is 11.5 Å². The lowest BCUT2D eigenvalue weighted by molar-refractivity contribution is 0.0900. The molecule has 0 aliphatic carbocycles. The Balaban J connectivity index is 2.57. The molecule has 1 heterocycles. The Hall–Kier alpha value is -1.39. The predicted molar refractivity (Wildman–Crippen MR) is 51.5 cm³/mol. The lowest BCUT2D eigenvalue weighted by Crippen LogP contribution is -2.27. The van der Waals surface area contributed by atoms with E-state index in [1.165, 1.54) is 0 Å². The van der Waals surface area contributed by atoms with Crippen LogP contribution in [0.2, 0.25) is 0 Å². The number of primary amides is 1. The van der Waals surface area contributed by atoms with Gasteiger partial charge in [0.25, 0.3) is 0 Å². The molecule has 0 unspecified atom stereocenters. The van der Waals surface area contributed by atoms with Crippen LogP contribution < -0.4 is 11.5 Å². The maximum Gasteiger partial charge on any atom is 0.249 e. The van der Waals surface area contributed by atoms with E-state index in [0.717, 1.165) is 11.1 Å². The van der Waals surface area contributed by atoms with E-state index in [4.69, 9.17) is 16.2 Å². The molecule has 0 aromatic heterocycles. The van der Waals surface area contributed by atoms with Gasteiger partial charge in [0.15, 0.2) is 0 Å². The summed E-state index contributed by atoms with van der Waals surface area (Å²) in [5.74, 6) is -0.431. The molecule has 74 valence electrons. The molecule has 4 N–H and O–H groups in total. The summed E-state index contributed by atoms with van der Waals surface area (Å²) in [6, 6.07) is 5.15. The highest BCUT2D eigenvalue weighted by molar-refractivity contribution is 5.94. The molecule has 0 radical (unpaired) electrons. The van der Waals surface area contributed by atoms with Gasteiger partial charge in [0, 0.05) is 5.56 Å². The van der Waals surface area contributed by atoms with E-state index < -0.39 is 5.91 Å². The van der Waals surface area contributed by atoms with Crippen molar-refractivity contribution in [2.75, 3.05) is 6.61 Å². The van der Waals surface area contributed by atoms with Crippen molar-refractivity contribution in [3.8, 4) is 0 Å². The van der Waals surface area contributed by atoms with Crippen LogP contribution in [0.1, 0.15) is 27.5 Å². The van der Waals surface area contributed by atoms with Gasteiger partial charge < -0.3 is 16.2 Å². The molecular weight excluding hydrogens is 180 g/mol. The second-order valence-electron chi connectivity index (χ2n) is 3.36. The minimum absolute atomic E-state index is 0.248. The first-order valence-electron chi connectivity index (χ1n) is 4.45. The van der Waals surface area contributed by atoms with Gasteiger partial charge in [0.05, 0.1) is 19.3 Å². The minimum Gasteiger partial charge on any atom is -0.375 e. The molecule has 1 amide bonds. The van der Waals surface area contributed by atoms with Gasteiger partial charge in [-0.05, 0) is 17.2 Å². The molecule has 1 atom stereocenters. The first-order valence-corrected chi connectivity index (χ1v) is 4.45. The van der Waals surface area contributed by atoms with Crippen LogP contribution in [0.3, 0.4) is 0 Å². The second kappa shape index (κ2) is 3.40. The van der Waals surface area contributed by atoms with Crippen LogP contribution in [0.25, 0.3) is 0 Å². The number of ether oxygens (including phenoxy) is 1. The third-order valence-electron chi connectivity index (χ3n) is 2.39. The van der Waals surface area contributed by atoms with E-state index in [1.807, 2.05) is 6.07 Å². The Bertz CT molecular complexity index is 376. The molecule has 0 fully saturated rings. The fraction of sp³-hybridized carbons (Fsp3) is 0.300. The number of fused-ring (bicyclic) bond motifs is 1. The van der Waals surface area contributed by atoms with E-state index in [2.05, 4.69) is 0 Å². The lowest BCUT2D eigenvalue weighted by atomic mass is 9.94. The van der Waals surface area contributed by atoms with Crippen molar-refractivity contribution in [1.82, 2.24) is 0 Å². The molecule has 14 heavy (non-hydrogen) atoms. The Morgan fingerprint density at radius 3 is 3.00 bits per heavy atom. The van der Waals surface area contributed by atoms with Crippen molar-refractivity contribution >= 4 is 5.91 Å². The summed E-state index contributed by atoms with van der Waals surface area (Å²) < 4.78 is 5.27. The molecule has 4 nitrogen and oxygen atoms in total. The van der Waals surface area contributed by atoms with E-state index >= 15 is 0 Å². The normalized spacial score (nSPS) is 20.2. The first-order chi connectivity index (χ1) is 6.70. The summed E-state index contributed by atoms with van der Waals surface area (Å²) in [6.07, 6.45) is 0. The maximum atomic E-state index is 11.1. The van der Waals surface area contributed by atoms with Crippen molar-refractivity contribution in [1.29, 1.82) is 0 Å².